The van der Waals surface area contributed by atoms with Crippen LogP contribution in [0.25, 0.3) is 0 Å². The highest BCUT2D eigenvalue weighted by Gasteiger charge is 2.23. The van der Waals surface area contributed by atoms with E-state index in [9.17, 15) is 9.59 Å². The van der Waals surface area contributed by atoms with Crippen molar-refractivity contribution >= 4 is 23.3 Å². The molecule has 0 saturated carbocycles. The molecule has 0 heterocycles. The zero-order chi connectivity index (χ0) is 16.1. The highest BCUT2D eigenvalue weighted by atomic mass is 16.5. The lowest BCUT2D eigenvalue weighted by molar-refractivity contribution is 0.0601. The molecule has 114 valence electrons. The molecule has 2 aromatic carbocycles. The van der Waals surface area contributed by atoms with Crippen LogP contribution in [0.5, 0.6) is 0 Å². The SMILES string of the molecule is COC(=O)c1cccc(C(=O)OC)c1N(C)c1ccccc1. The highest BCUT2D eigenvalue weighted by Crippen LogP contribution is 2.31. The first-order valence-electron chi connectivity index (χ1n) is 6.68. The fraction of sp³-hybridized carbons (Fsp3) is 0.176. The summed E-state index contributed by atoms with van der Waals surface area (Å²) in [4.78, 5) is 25.8. The van der Waals surface area contributed by atoms with Crippen LogP contribution in [0.15, 0.2) is 48.5 Å². The lowest BCUT2D eigenvalue weighted by Crippen LogP contribution is -2.19. The Morgan fingerprint density at radius 2 is 1.32 bits per heavy atom. The Balaban J connectivity index is 2.64. The molecule has 0 aromatic heterocycles. The average Bonchev–Trinajstić information content (AvgIpc) is 2.59. The van der Waals surface area contributed by atoms with Gasteiger partial charge in [0.1, 0.15) is 0 Å². The summed E-state index contributed by atoms with van der Waals surface area (Å²) in [5, 5.41) is 0. The first kappa shape index (κ1) is 15.6. The number of hydrogen-bond acceptors (Lipinski definition) is 5. The van der Waals surface area contributed by atoms with Gasteiger partial charge in [-0.2, -0.15) is 0 Å². The van der Waals surface area contributed by atoms with E-state index < -0.39 is 11.9 Å². The third-order valence-corrected chi connectivity index (χ3v) is 3.33. The molecule has 0 aliphatic carbocycles. The monoisotopic (exact) mass is 299 g/mol. The number of para-hydroxylation sites is 2. The van der Waals surface area contributed by atoms with Crippen molar-refractivity contribution in [2.75, 3.05) is 26.2 Å². The second-order valence-corrected chi connectivity index (χ2v) is 4.58. The van der Waals surface area contributed by atoms with Crippen molar-refractivity contribution in [2.45, 2.75) is 0 Å². The Hall–Kier alpha value is -2.82. The molecule has 0 aliphatic heterocycles. The second kappa shape index (κ2) is 6.76. The van der Waals surface area contributed by atoms with E-state index >= 15 is 0 Å². The summed E-state index contributed by atoms with van der Waals surface area (Å²) in [7, 11) is 4.39. The zero-order valence-electron chi connectivity index (χ0n) is 12.7. The summed E-state index contributed by atoms with van der Waals surface area (Å²) in [6.45, 7) is 0. The van der Waals surface area contributed by atoms with E-state index in [1.54, 1.807) is 30.1 Å². The summed E-state index contributed by atoms with van der Waals surface area (Å²) >= 11 is 0. The van der Waals surface area contributed by atoms with Crippen LogP contribution in [0.1, 0.15) is 20.7 Å². The third-order valence-electron chi connectivity index (χ3n) is 3.33. The quantitative estimate of drug-likeness (QED) is 0.812. The van der Waals surface area contributed by atoms with Crippen molar-refractivity contribution in [3.8, 4) is 0 Å². The van der Waals surface area contributed by atoms with E-state index in [-0.39, 0.29) is 0 Å². The molecule has 0 saturated heterocycles. The van der Waals surface area contributed by atoms with Crippen LogP contribution < -0.4 is 4.90 Å². The van der Waals surface area contributed by atoms with Crippen LogP contribution in [0.3, 0.4) is 0 Å². The Kier molecular flexibility index (Phi) is 4.78. The van der Waals surface area contributed by atoms with E-state index in [1.165, 1.54) is 14.2 Å². The van der Waals surface area contributed by atoms with Crippen LogP contribution in [0.4, 0.5) is 11.4 Å². The van der Waals surface area contributed by atoms with Crippen LogP contribution in [-0.2, 0) is 9.47 Å². The molecule has 0 atom stereocenters. The molecular weight excluding hydrogens is 282 g/mol. The maximum atomic E-state index is 12.0. The fourth-order valence-corrected chi connectivity index (χ4v) is 2.23. The topological polar surface area (TPSA) is 55.8 Å². The summed E-state index contributed by atoms with van der Waals surface area (Å²) in [5.74, 6) is -1.02. The molecule has 0 aliphatic rings. The predicted octanol–water partition coefficient (Wildman–Crippen LogP) is 3.03. The number of benzene rings is 2. The maximum Gasteiger partial charge on any atom is 0.340 e. The predicted molar refractivity (Wildman–Crippen MR) is 83.6 cm³/mol. The number of methoxy groups -OCH3 is 2. The Bertz CT molecular complexity index is 648. The lowest BCUT2D eigenvalue weighted by atomic mass is 10.0. The van der Waals surface area contributed by atoms with Gasteiger partial charge in [0.2, 0.25) is 0 Å². The van der Waals surface area contributed by atoms with Gasteiger partial charge in [-0.15, -0.1) is 0 Å². The first-order chi connectivity index (χ1) is 10.6. The third kappa shape index (κ3) is 2.93. The minimum absolute atomic E-state index is 0.303. The second-order valence-electron chi connectivity index (χ2n) is 4.58. The standard InChI is InChI=1S/C17H17NO4/c1-18(12-8-5-4-6-9-12)15-13(16(19)21-2)10-7-11-14(15)17(20)22-3/h4-11H,1-3H3. The van der Waals surface area contributed by atoms with Crippen molar-refractivity contribution in [3.05, 3.63) is 59.7 Å². The molecule has 0 N–H and O–H groups in total. The van der Waals surface area contributed by atoms with E-state index in [4.69, 9.17) is 9.47 Å². The van der Waals surface area contributed by atoms with Gasteiger partial charge in [0.15, 0.2) is 0 Å². The van der Waals surface area contributed by atoms with Gasteiger partial charge in [-0.25, -0.2) is 9.59 Å². The van der Waals surface area contributed by atoms with E-state index in [2.05, 4.69) is 0 Å². The molecule has 0 spiro atoms. The summed E-state index contributed by atoms with van der Waals surface area (Å²) < 4.78 is 9.63. The maximum absolute atomic E-state index is 12.0. The number of esters is 2. The van der Waals surface area contributed by atoms with E-state index in [0.717, 1.165) is 5.69 Å². The van der Waals surface area contributed by atoms with Gasteiger partial charge >= 0.3 is 11.9 Å². The molecule has 2 rings (SSSR count). The van der Waals surface area contributed by atoms with Crippen LogP contribution in [0, 0.1) is 0 Å². The summed E-state index contributed by atoms with van der Waals surface area (Å²) in [5.41, 5.74) is 1.89. The molecule has 2 aromatic rings. The number of ether oxygens (including phenoxy) is 2. The Morgan fingerprint density at radius 3 is 1.77 bits per heavy atom. The zero-order valence-corrected chi connectivity index (χ0v) is 12.7. The lowest BCUT2D eigenvalue weighted by Gasteiger charge is -2.24. The minimum Gasteiger partial charge on any atom is -0.465 e. The number of rotatable bonds is 4. The van der Waals surface area contributed by atoms with Crippen molar-refractivity contribution in [1.29, 1.82) is 0 Å². The van der Waals surface area contributed by atoms with Gasteiger partial charge in [0.05, 0.1) is 31.0 Å². The number of hydrogen-bond donors (Lipinski definition) is 0. The van der Waals surface area contributed by atoms with Crippen molar-refractivity contribution < 1.29 is 19.1 Å². The van der Waals surface area contributed by atoms with Crippen LogP contribution in [-0.4, -0.2) is 33.2 Å². The first-order valence-corrected chi connectivity index (χ1v) is 6.68. The number of carbonyl (C=O) groups is 2. The number of nitrogens with zero attached hydrogens (tertiary/aromatic N) is 1. The average molecular weight is 299 g/mol. The van der Waals surface area contributed by atoms with Gasteiger partial charge < -0.3 is 14.4 Å². The van der Waals surface area contributed by atoms with Gasteiger partial charge in [0, 0.05) is 12.7 Å². The smallest absolute Gasteiger partial charge is 0.340 e. The highest BCUT2D eigenvalue weighted by molar-refractivity contribution is 6.05. The van der Waals surface area contributed by atoms with Gasteiger partial charge in [0.25, 0.3) is 0 Å². The number of carbonyl (C=O) groups excluding carboxylic acids is 2. The minimum atomic E-state index is -0.511. The van der Waals surface area contributed by atoms with Crippen molar-refractivity contribution in [2.24, 2.45) is 0 Å². The summed E-state index contributed by atoms with van der Waals surface area (Å²) in [6, 6.07) is 14.3. The van der Waals surface area contributed by atoms with Crippen LogP contribution in [0.2, 0.25) is 0 Å². The Morgan fingerprint density at radius 1 is 0.818 bits per heavy atom. The van der Waals surface area contributed by atoms with Crippen molar-refractivity contribution in [3.63, 3.8) is 0 Å². The number of anilines is 2. The molecule has 0 fully saturated rings. The fourth-order valence-electron chi connectivity index (χ4n) is 2.23. The molecule has 5 heteroatoms. The van der Waals surface area contributed by atoms with Crippen molar-refractivity contribution in [1.82, 2.24) is 0 Å². The summed E-state index contributed by atoms with van der Waals surface area (Å²) in [6.07, 6.45) is 0. The molecular formula is C17H17NO4. The Labute approximate surface area is 129 Å². The normalized spacial score (nSPS) is 9.95. The van der Waals surface area contributed by atoms with Gasteiger partial charge in [-0.3, -0.25) is 0 Å². The molecule has 0 radical (unpaired) electrons. The van der Waals surface area contributed by atoms with E-state index in [0.29, 0.717) is 16.8 Å². The molecule has 0 bridgehead atoms. The molecule has 5 nitrogen and oxygen atoms in total. The largest absolute Gasteiger partial charge is 0.465 e. The molecule has 0 unspecified atom stereocenters. The van der Waals surface area contributed by atoms with E-state index in [1.807, 2.05) is 30.3 Å². The van der Waals surface area contributed by atoms with Gasteiger partial charge in [-0.1, -0.05) is 24.3 Å². The molecule has 22 heavy (non-hydrogen) atoms. The van der Waals surface area contributed by atoms with Crippen LogP contribution >= 0.6 is 0 Å². The van der Waals surface area contributed by atoms with Gasteiger partial charge in [-0.05, 0) is 24.3 Å². The molecule has 0 amide bonds.